The van der Waals surface area contributed by atoms with Crippen LogP contribution in [0.1, 0.15) is 60.0 Å². The maximum Gasteiger partial charge on any atom is 0.255 e. The Morgan fingerprint density at radius 3 is 2.93 bits per heavy atom. The fraction of sp³-hybridized carbons (Fsp3) is 0.571. The molecule has 1 aromatic carbocycles. The summed E-state index contributed by atoms with van der Waals surface area (Å²) in [6.45, 7) is 2.23. The van der Waals surface area contributed by atoms with Crippen LogP contribution in [0.5, 0.6) is 0 Å². The third kappa shape index (κ3) is 2.76. The number of carbonyl (C=O) groups is 3. The Balaban J connectivity index is 1.35. The van der Waals surface area contributed by atoms with Crippen LogP contribution < -0.4 is 16.0 Å². The first-order chi connectivity index (χ1) is 13.6. The second kappa shape index (κ2) is 6.67. The van der Waals surface area contributed by atoms with Gasteiger partial charge in [-0.3, -0.25) is 19.7 Å². The van der Waals surface area contributed by atoms with Crippen LogP contribution in [0.2, 0.25) is 0 Å². The molecule has 3 aliphatic heterocycles. The summed E-state index contributed by atoms with van der Waals surface area (Å²) in [4.78, 5) is 38.3. The molecule has 5 rings (SSSR count). The molecule has 0 radical (unpaired) electrons. The summed E-state index contributed by atoms with van der Waals surface area (Å²) in [5.41, 5.74) is 3.01. The summed E-state index contributed by atoms with van der Waals surface area (Å²) in [6, 6.07) is 5.84. The molecule has 0 aromatic heterocycles. The van der Waals surface area contributed by atoms with E-state index in [4.69, 9.17) is 0 Å². The molecule has 1 aliphatic carbocycles. The van der Waals surface area contributed by atoms with Crippen molar-refractivity contribution in [3.05, 3.63) is 34.9 Å². The van der Waals surface area contributed by atoms with Gasteiger partial charge in [-0.15, -0.1) is 0 Å². The van der Waals surface area contributed by atoms with Crippen molar-refractivity contribution in [2.45, 2.75) is 69.2 Å². The van der Waals surface area contributed by atoms with Gasteiger partial charge >= 0.3 is 0 Å². The van der Waals surface area contributed by atoms with Gasteiger partial charge in [-0.2, -0.15) is 0 Å². The maximum absolute atomic E-state index is 12.9. The lowest BCUT2D eigenvalue weighted by atomic mass is 9.92. The average molecular weight is 382 g/mol. The van der Waals surface area contributed by atoms with Crippen LogP contribution in [0.4, 0.5) is 0 Å². The quantitative estimate of drug-likeness (QED) is 0.671. The molecule has 7 heteroatoms. The van der Waals surface area contributed by atoms with Gasteiger partial charge in [-0.1, -0.05) is 12.1 Å². The first kappa shape index (κ1) is 17.8. The molecule has 3 heterocycles. The zero-order chi connectivity index (χ0) is 19.3. The number of rotatable bonds is 4. The van der Waals surface area contributed by atoms with E-state index in [9.17, 15) is 14.4 Å². The normalized spacial score (nSPS) is 31.9. The predicted octanol–water partition coefficient (Wildman–Crippen LogP) is 0.822. The fourth-order valence-corrected chi connectivity index (χ4v) is 5.52. The molecule has 2 saturated heterocycles. The molecule has 3 N–H and O–H groups in total. The van der Waals surface area contributed by atoms with Gasteiger partial charge < -0.3 is 15.5 Å². The predicted molar refractivity (Wildman–Crippen MR) is 102 cm³/mol. The van der Waals surface area contributed by atoms with Gasteiger partial charge in [0.15, 0.2) is 0 Å². The van der Waals surface area contributed by atoms with Crippen molar-refractivity contribution < 1.29 is 14.4 Å². The Morgan fingerprint density at radius 2 is 2.07 bits per heavy atom. The summed E-state index contributed by atoms with van der Waals surface area (Å²) >= 11 is 0. The van der Waals surface area contributed by atoms with Crippen molar-refractivity contribution in [2.75, 3.05) is 6.54 Å². The maximum atomic E-state index is 12.9. The van der Waals surface area contributed by atoms with Crippen LogP contribution in [0.25, 0.3) is 0 Å². The summed E-state index contributed by atoms with van der Waals surface area (Å²) in [7, 11) is 0. The third-order valence-corrected chi connectivity index (χ3v) is 7.05. The van der Waals surface area contributed by atoms with Crippen molar-refractivity contribution in [3.8, 4) is 0 Å². The molecule has 0 spiro atoms. The van der Waals surface area contributed by atoms with E-state index in [0.717, 1.165) is 30.6 Å². The Hall–Kier alpha value is -2.25. The highest BCUT2D eigenvalue weighted by Gasteiger charge is 2.46. The summed E-state index contributed by atoms with van der Waals surface area (Å²) in [5.74, 6) is -0.724. The lowest BCUT2D eigenvalue weighted by molar-refractivity contribution is -0.136. The zero-order valence-electron chi connectivity index (χ0n) is 15.9. The molecular formula is C21H26N4O3. The number of amides is 3. The Bertz CT molecular complexity index is 842. The summed E-state index contributed by atoms with van der Waals surface area (Å²) in [5, 5.41) is 9.79. The number of imide groups is 1. The number of nitrogens with one attached hydrogen (secondary N) is 3. The largest absolute Gasteiger partial charge is 0.322 e. The molecule has 1 aromatic rings. The molecule has 0 bridgehead atoms. The molecule has 4 aliphatic rings. The number of benzene rings is 1. The van der Waals surface area contributed by atoms with Gasteiger partial charge in [0.2, 0.25) is 11.8 Å². The highest BCUT2D eigenvalue weighted by atomic mass is 16.2. The molecule has 7 nitrogen and oxygen atoms in total. The van der Waals surface area contributed by atoms with Crippen molar-refractivity contribution in [2.24, 2.45) is 0 Å². The van der Waals surface area contributed by atoms with E-state index in [-0.39, 0.29) is 29.7 Å². The van der Waals surface area contributed by atoms with Crippen molar-refractivity contribution in [1.82, 2.24) is 20.9 Å². The second-order valence-corrected chi connectivity index (χ2v) is 8.50. The van der Waals surface area contributed by atoms with E-state index >= 15 is 0 Å². The average Bonchev–Trinajstić information content (AvgIpc) is 3.33. The fourth-order valence-electron chi connectivity index (χ4n) is 5.52. The number of piperidine rings is 1. The van der Waals surface area contributed by atoms with E-state index in [1.54, 1.807) is 4.90 Å². The summed E-state index contributed by atoms with van der Waals surface area (Å²) < 4.78 is 0. The zero-order valence-corrected chi connectivity index (χ0v) is 15.9. The molecule has 28 heavy (non-hydrogen) atoms. The van der Waals surface area contributed by atoms with Gasteiger partial charge in [0.05, 0.1) is 0 Å². The van der Waals surface area contributed by atoms with Crippen LogP contribution >= 0.6 is 0 Å². The molecular weight excluding hydrogens is 356 g/mol. The number of carbonyl (C=O) groups excluding carboxylic acids is 3. The topological polar surface area (TPSA) is 90.5 Å². The van der Waals surface area contributed by atoms with Crippen LogP contribution in [-0.4, -0.2) is 46.8 Å². The number of hydrogen-bond acceptors (Lipinski definition) is 5. The number of fused-ring (bicyclic) bond motifs is 2. The monoisotopic (exact) mass is 382 g/mol. The third-order valence-electron chi connectivity index (χ3n) is 7.05. The second-order valence-electron chi connectivity index (χ2n) is 8.50. The minimum atomic E-state index is -0.560. The first-order valence-corrected chi connectivity index (χ1v) is 10.3. The van der Waals surface area contributed by atoms with Gasteiger partial charge in [0.1, 0.15) is 6.04 Å². The van der Waals surface area contributed by atoms with E-state index in [0.29, 0.717) is 24.6 Å². The van der Waals surface area contributed by atoms with Crippen LogP contribution in [0.3, 0.4) is 0 Å². The molecule has 3 amide bonds. The first-order valence-electron chi connectivity index (χ1n) is 10.3. The van der Waals surface area contributed by atoms with Crippen molar-refractivity contribution in [3.63, 3.8) is 0 Å². The van der Waals surface area contributed by atoms with Gasteiger partial charge in [0.25, 0.3) is 5.91 Å². The standard InChI is InChI=1S/C21H26N4O3/c26-18-7-6-16(19(27)24-18)25-12-15-13(3-1-4-14(15)20(25)28)11-23-21-8-2-5-17(21)22-10-9-21/h1,3-4,16-17,22-23H,2,5-12H2,(H,24,26,27)/t16?,17-,21+/m1/s1. The van der Waals surface area contributed by atoms with Crippen LogP contribution in [0, 0.1) is 0 Å². The van der Waals surface area contributed by atoms with Crippen LogP contribution in [0.15, 0.2) is 18.2 Å². The molecule has 1 unspecified atom stereocenters. The molecule has 3 fully saturated rings. The minimum Gasteiger partial charge on any atom is -0.322 e. The number of hydrogen-bond donors (Lipinski definition) is 3. The van der Waals surface area contributed by atoms with E-state index in [1.165, 1.54) is 19.3 Å². The van der Waals surface area contributed by atoms with Crippen LogP contribution in [-0.2, 0) is 22.7 Å². The Labute approximate surface area is 164 Å². The minimum absolute atomic E-state index is 0.106. The van der Waals surface area contributed by atoms with Gasteiger partial charge in [0, 0.05) is 36.7 Å². The Morgan fingerprint density at radius 1 is 1.18 bits per heavy atom. The number of nitrogens with zero attached hydrogens (tertiary/aromatic N) is 1. The summed E-state index contributed by atoms with van der Waals surface area (Å²) in [6.07, 6.45) is 5.49. The smallest absolute Gasteiger partial charge is 0.255 e. The highest BCUT2D eigenvalue weighted by Crippen LogP contribution is 2.37. The molecule has 3 atom stereocenters. The SMILES string of the molecule is O=C1CCC(N2Cc3c(CN[C@]45CCC[C@H]4NCC5)cccc3C2=O)C(=O)N1. The van der Waals surface area contributed by atoms with Crippen molar-refractivity contribution >= 4 is 17.7 Å². The van der Waals surface area contributed by atoms with Crippen molar-refractivity contribution in [1.29, 1.82) is 0 Å². The lowest BCUT2D eigenvalue weighted by Gasteiger charge is -2.31. The van der Waals surface area contributed by atoms with E-state index < -0.39 is 6.04 Å². The van der Waals surface area contributed by atoms with Gasteiger partial charge in [-0.05, 0) is 55.8 Å². The molecule has 148 valence electrons. The van der Waals surface area contributed by atoms with E-state index in [1.807, 2.05) is 12.1 Å². The lowest BCUT2D eigenvalue weighted by Crippen LogP contribution is -2.52. The van der Waals surface area contributed by atoms with E-state index in [2.05, 4.69) is 22.0 Å². The highest BCUT2D eigenvalue weighted by molar-refractivity contribution is 6.05. The molecule has 1 saturated carbocycles. The Kier molecular flexibility index (Phi) is 4.25. The van der Waals surface area contributed by atoms with Gasteiger partial charge in [-0.25, -0.2) is 0 Å².